The quantitative estimate of drug-likeness (QED) is 0.520. The van der Waals surface area contributed by atoms with Crippen molar-refractivity contribution < 1.29 is 0 Å². The van der Waals surface area contributed by atoms with Crippen LogP contribution >= 0.6 is 11.6 Å². The molecular formula is C8H11Cl. The fourth-order valence-electron chi connectivity index (χ4n) is 0.360. The molecule has 0 saturated heterocycles. The monoisotopic (exact) mass is 142 g/mol. The van der Waals surface area contributed by atoms with Gasteiger partial charge in [0.05, 0.1) is 0 Å². The lowest BCUT2D eigenvalue weighted by Gasteiger charge is -1.88. The maximum atomic E-state index is 5.64. The third-order valence-corrected chi connectivity index (χ3v) is 1.28. The minimum atomic E-state index is 0.686. The van der Waals surface area contributed by atoms with Gasteiger partial charge in [0.25, 0.3) is 0 Å². The van der Waals surface area contributed by atoms with E-state index in [9.17, 15) is 0 Å². The number of halogens is 1. The van der Waals surface area contributed by atoms with Crippen molar-refractivity contribution in [3.63, 3.8) is 0 Å². The zero-order valence-electron chi connectivity index (χ0n) is 5.82. The smallest absolute Gasteiger partial charge is 0.0402 e. The summed E-state index contributed by atoms with van der Waals surface area (Å²) < 4.78 is 0. The molecule has 1 heteroatoms. The molecule has 0 unspecified atom stereocenters. The highest BCUT2D eigenvalue weighted by molar-refractivity contribution is 6.31. The Bertz CT molecular complexity index is 152. The molecule has 0 aromatic rings. The maximum absolute atomic E-state index is 5.64. The van der Waals surface area contributed by atoms with Gasteiger partial charge in [-0.15, -0.1) is 0 Å². The van der Waals surface area contributed by atoms with Gasteiger partial charge in [0, 0.05) is 5.03 Å². The van der Waals surface area contributed by atoms with E-state index in [1.807, 2.05) is 26.0 Å². The van der Waals surface area contributed by atoms with E-state index in [-0.39, 0.29) is 0 Å². The highest BCUT2D eigenvalue weighted by Gasteiger charge is 1.82. The summed E-state index contributed by atoms with van der Waals surface area (Å²) in [6, 6.07) is 0. The molecule has 0 aliphatic heterocycles. The zero-order chi connectivity index (χ0) is 7.28. The highest BCUT2D eigenvalue weighted by atomic mass is 35.5. The molecule has 0 fully saturated rings. The van der Waals surface area contributed by atoms with Gasteiger partial charge in [-0.2, -0.15) is 0 Å². The van der Waals surface area contributed by atoms with Crippen LogP contribution in [0.4, 0.5) is 0 Å². The van der Waals surface area contributed by atoms with Gasteiger partial charge in [-0.05, 0) is 19.9 Å². The Hall–Kier alpha value is -0.490. The van der Waals surface area contributed by atoms with Crippen LogP contribution in [-0.2, 0) is 0 Å². The predicted molar refractivity (Wildman–Crippen MR) is 43.6 cm³/mol. The molecule has 0 saturated carbocycles. The summed E-state index contributed by atoms with van der Waals surface area (Å²) in [5, 5.41) is 0.686. The minimum Gasteiger partial charge on any atom is -0.0976 e. The summed E-state index contributed by atoms with van der Waals surface area (Å²) in [6.07, 6.45) is 5.48. The molecule has 0 radical (unpaired) electrons. The van der Waals surface area contributed by atoms with E-state index in [1.165, 1.54) is 0 Å². The molecule has 0 aliphatic rings. The van der Waals surface area contributed by atoms with E-state index >= 15 is 0 Å². The lowest BCUT2D eigenvalue weighted by Crippen LogP contribution is -1.66. The second kappa shape index (κ2) is 4.39. The molecule has 0 nitrogen and oxygen atoms in total. The van der Waals surface area contributed by atoms with Crippen molar-refractivity contribution >= 4 is 11.6 Å². The molecule has 0 amide bonds. The molecule has 0 heterocycles. The Balaban J connectivity index is 4.11. The van der Waals surface area contributed by atoms with Crippen LogP contribution in [0, 0.1) is 0 Å². The normalized spacial score (nSPS) is 13.7. The largest absolute Gasteiger partial charge is 0.0976 e. The van der Waals surface area contributed by atoms with Crippen LogP contribution in [0.25, 0.3) is 0 Å². The number of rotatable bonds is 2. The number of hydrogen-bond acceptors (Lipinski definition) is 0. The van der Waals surface area contributed by atoms with Crippen molar-refractivity contribution in [2.75, 3.05) is 0 Å². The Kier molecular flexibility index (Phi) is 4.16. The minimum absolute atomic E-state index is 0.686. The van der Waals surface area contributed by atoms with E-state index in [2.05, 4.69) is 6.58 Å². The number of hydrogen-bond donors (Lipinski definition) is 0. The van der Waals surface area contributed by atoms with E-state index < -0.39 is 0 Å². The van der Waals surface area contributed by atoms with Crippen molar-refractivity contribution in [2.45, 2.75) is 13.8 Å². The van der Waals surface area contributed by atoms with E-state index in [0.717, 1.165) is 5.57 Å². The molecule has 50 valence electrons. The first kappa shape index (κ1) is 8.51. The standard InChI is InChI=1S/C8H11Cl/c1-4-7(3)6-8(9)5-2/h4-6H,2H2,1,3H3. The molecule has 0 aromatic carbocycles. The van der Waals surface area contributed by atoms with E-state index in [4.69, 9.17) is 11.6 Å². The molecule has 0 aliphatic carbocycles. The second-order valence-electron chi connectivity index (χ2n) is 1.77. The van der Waals surface area contributed by atoms with E-state index in [1.54, 1.807) is 6.08 Å². The zero-order valence-corrected chi connectivity index (χ0v) is 6.57. The average Bonchev–Trinajstić information content (AvgIpc) is 1.87. The first-order chi connectivity index (χ1) is 4.20. The topological polar surface area (TPSA) is 0 Å². The summed E-state index contributed by atoms with van der Waals surface area (Å²) in [5.41, 5.74) is 1.15. The molecule has 0 rings (SSSR count). The van der Waals surface area contributed by atoms with Crippen molar-refractivity contribution in [1.29, 1.82) is 0 Å². The Morgan fingerprint density at radius 2 is 2.11 bits per heavy atom. The summed E-state index contributed by atoms with van der Waals surface area (Å²) in [7, 11) is 0. The Morgan fingerprint density at radius 1 is 1.56 bits per heavy atom. The molecule has 0 atom stereocenters. The first-order valence-corrected chi connectivity index (χ1v) is 3.21. The molecular weight excluding hydrogens is 132 g/mol. The Morgan fingerprint density at radius 3 is 2.44 bits per heavy atom. The van der Waals surface area contributed by atoms with Crippen LogP contribution in [0.5, 0.6) is 0 Å². The summed E-state index contributed by atoms with van der Waals surface area (Å²) in [6.45, 7) is 7.48. The summed E-state index contributed by atoms with van der Waals surface area (Å²) in [5.74, 6) is 0. The fraction of sp³-hybridized carbons (Fsp3) is 0.250. The van der Waals surface area contributed by atoms with Gasteiger partial charge in [-0.25, -0.2) is 0 Å². The molecule has 0 spiro atoms. The van der Waals surface area contributed by atoms with Crippen molar-refractivity contribution in [2.24, 2.45) is 0 Å². The van der Waals surface area contributed by atoms with Gasteiger partial charge in [-0.1, -0.05) is 35.9 Å². The Labute approximate surface area is 61.5 Å². The van der Waals surface area contributed by atoms with Gasteiger partial charge in [0.15, 0.2) is 0 Å². The third-order valence-electron chi connectivity index (χ3n) is 1.02. The third kappa shape index (κ3) is 4.04. The van der Waals surface area contributed by atoms with Gasteiger partial charge in [-0.3, -0.25) is 0 Å². The van der Waals surface area contributed by atoms with Crippen molar-refractivity contribution in [3.05, 3.63) is 35.4 Å². The van der Waals surface area contributed by atoms with Gasteiger partial charge < -0.3 is 0 Å². The highest BCUT2D eigenvalue weighted by Crippen LogP contribution is 2.06. The van der Waals surface area contributed by atoms with Crippen molar-refractivity contribution in [1.82, 2.24) is 0 Å². The molecule has 9 heavy (non-hydrogen) atoms. The van der Waals surface area contributed by atoms with Crippen LogP contribution in [0.1, 0.15) is 13.8 Å². The first-order valence-electron chi connectivity index (χ1n) is 2.83. The van der Waals surface area contributed by atoms with Crippen LogP contribution in [-0.4, -0.2) is 0 Å². The van der Waals surface area contributed by atoms with Gasteiger partial charge in [0.1, 0.15) is 0 Å². The lowest BCUT2D eigenvalue weighted by molar-refractivity contribution is 1.47. The summed E-state index contributed by atoms with van der Waals surface area (Å²) in [4.78, 5) is 0. The number of allylic oxidation sites excluding steroid dienone is 5. The molecule has 0 N–H and O–H groups in total. The summed E-state index contributed by atoms with van der Waals surface area (Å²) >= 11 is 5.64. The fourth-order valence-corrected chi connectivity index (χ4v) is 0.532. The second-order valence-corrected chi connectivity index (χ2v) is 2.20. The van der Waals surface area contributed by atoms with Crippen LogP contribution in [0.3, 0.4) is 0 Å². The SMILES string of the molecule is C=CC(Cl)=CC(C)=CC. The predicted octanol–water partition coefficient (Wildman–Crippen LogP) is 3.26. The average molecular weight is 143 g/mol. The molecule has 0 bridgehead atoms. The van der Waals surface area contributed by atoms with Crippen LogP contribution in [0.15, 0.2) is 35.4 Å². The van der Waals surface area contributed by atoms with Gasteiger partial charge in [0.2, 0.25) is 0 Å². The van der Waals surface area contributed by atoms with Crippen LogP contribution < -0.4 is 0 Å². The van der Waals surface area contributed by atoms with E-state index in [0.29, 0.717) is 5.03 Å². The van der Waals surface area contributed by atoms with Gasteiger partial charge >= 0.3 is 0 Å². The van der Waals surface area contributed by atoms with Crippen molar-refractivity contribution in [3.8, 4) is 0 Å². The van der Waals surface area contributed by atoms with Crippen LogP contribution in [0.2, 0.25) is 0 Å². The molecule has 0 aromatic heterocycles. The lowest BCUT2D eigenvalue weighted by atomic mass is 10.2. The maximum Gasteiger partial charge on any atom is 0.0402 e.